The van der Waals surface area contributed by atoms with E-state index in [4.69, 9.17) is 0 Å². The normalized spacial score (nSPS) is 27.2. The monoisotopic (exact) mass is 127 g/mol. The number of hydrogen-bond acceptors (Lipinski definition) is 2. The maximum Gasteiger partial charge on any atom is 0.134 e. The van der Waals surface area contributed by atoms with Gasteiger partial charge in [0.05, 0.1) is 0 Å². The Hall–Kier alpha value is -0.370. The number of ketones is 1. The summed E-state index contributed by atoms with van der Waals surface area (Å²) < 4.78 is 0. The van der Waals surface area contributed by atoms with Gasteiger partial charge in [-0.1, -0.05) is 6.92 Å². The van der Waals surface area contributed by atoms with Crippen molar-refractivity contribution in [2.24, 2.45) is 0 Å². The predicted molar refractivity (Wildman–Crippen MR) is 36.3 cm³/mol. The van der Waals surface area contributed by atoms with Crippen LogP contribution in [0.4, 0.5) is 0 Å². The van der Waals surface area contributed by atoms with Crippen LogP contribution in [-0.2, 0) is 4.79 Å². The lowest BCUT2D eigenvalue weighted by Crippen LogP contribution is -2.25. The summed E-state index contributed by atoms with van der Waals surface area (Å²) in [5, 5.41) is 3.25. The summed E-state index contributed by atoms with van der Waals surface area (Å²) in [5.74, 6) is 0.418. The standard InChI is InChI=1S/C7H13NO/c1-2-8-6-3-4-7(9)5-6/h6,8H,2-5H2,1H3. The number of carbonyl (C=O) groups is 1. The lowest BCUT2D eigenvalue weighted by atomic mass is 10.2. The van der Waals surface area contributed by atoms with E-state index in [1.54, 1.807) is 0 Å². The van der Waals surface area contributed by atoms with Crippen LogP contribution in [0.1, 0.15) is 26.2 Å². The van der Waals surface area contributed by atoms with Crippen molar-refractivity contribution < 1.29 is 4.79 Å². The molecule has 0 aliphatic heterocycles. The first-order chi connectivity index (χ1) is 4.33. The van der Waals surface area contributed by atoms with Crippen molar-refractivity contribution in [3.05, 3.63) is 0 Å². The number of carbonyl (C=O) groups excluding carboxylic acids is 1. The summed E-state index contributed by atoms with van der Waals surface area (Å²) in [6.07, 6.45) is 2.60. The van der Waals surface area contributed by atoms with Gasteiger partial charge < -0.3 is 5.32 Å². The molecule has 0 spiro atoms. The summed E-state index contributed by atoms with van der Waals surface area (Å²) in [6, 6.07) is 0.488. The number of hydrogen-bond donors (Lipinski definition) is 1. The molecular formula is C7H13NO. The van der Waals surface area contributed by atoms with Crippen LogP contribution in [0.3, 0.4) is 0 Å². The van der Waals surface area contributed by atoms with Gasteiger partial charge in [-0.2, -0.15) is 0 Å². The van der Waals surface area contributed by atoms with Gasteiger partial charge in [0.2, 0.25) is 0 Å². The van der Waals surface area contributed by atoms with E-state index >= 15 is 0 Å². The maximum absolute atomic E-state index is 10.7. The first-order valence-electron chi connectivity index (χ1n) is 3.58. The molecule has 52 valence electrons. The van der Waals surface area contributed by atoms with Crippen LogP contribution < -0.4 is 5.32 Å². The van der Waals surface area contributed by atoms with Gasteiger partial charge in [0.15, 0.2) is 0 Å². The van der Waals surface area contributed by atoms with E-state index in [2.05, 4.69) is 12.2 Å². The zero-order valence-electron chi connectivity index (χ0n) is 5.81. The molecule has 2 heteroatoms. The highest BCUT2D eigenvalue weighted by atomic mass is 16.1. The van der Waals surface area contributed by atoms with Crippen molar-refractivity contribution >= 4 is 5.78 Å². The molecule has 0 radical (unpaired) electrons. The van der Waals surface area contributed by atoms with Gasteiger partial charge in [-0.25, -0.2) is 0 Å². The van der Waals surface area contributed by atoms with Crippen molar-refractivity contribution in [1.82, 2.24) is 5.32 Å². The Labute approximate surface area is 55.6 Å². The third-order valence-corrected chi connectivity index (χ3v) is 1.74. The van der Waals surface area contributed by atoms with Crippen molar-refractivity contribution in [3.8, 4) is 0 Å². The highest BCUT2D eigenvalue weighted by Gasteiger charge is 2.20. The lowest BCUT2D eigenvalue weighted by molar-refractivity contribution is -0.117. The van der Waals surface area contributed by atoms with Gasteiger partial charge in [0, 0.05) is 18.9 Å². The van der Waals surface area contributed by atoms with E-state index in [-0.39, 0.29) is 0 Å². The van der Waals surface area contributed by atoms with E-state index in [0.717, 1.165) is 25.8 Å². The molecular weight excluding hydrogens is 114 g/mol. The van der Waals surface area contributed by atoms with Crippen LogP contribution in [0.25, 0.3) is 0 Å². The highest BCUT2D eigenvalue weighted by molar-refractivity contribution is 5.81. The second-order valence-electron chi connectivity index (χ2n) is 2.54. The molecule has 2 nitrogen and oxygen atoms in total. The van der Waals surface area contributed by atoms with Gasteiger partial charge in [0.25, 0.3) is 0 Å². The summed E-state index contributed by atoms with van der Waals surface area (Å²) in [6.45, 7) is 3.06. The van der Waals surface area contributed by atoms with Gasteiger partial charge in [-0.15, -0.1) is 0 Å². The zero-order valence-corrected chi connectivity index (χ0v) is 5.81. The minimum absolute atomic E-state index is 0.418. The zero-order chi connectivity index (χ0) is 6.69. The third-order valence-electron chi connectivity index (χ3n) is 1.74. The van der Waals surface area contributed by atoms with Gasteiger partial charge >= 0.3 is 0 Å². The topological polar surface area (TPSA) is 29.1 Å². The number of Topliss-reactive ketones (excluding diaryl/α,β-unsaturated/α-hetero) is 1. The number of rotatable bonds is 2. The SMILES string of the molecule is CCNC1CCC(=O)C1. The Morgan fingerprint density at radius 1 is 1.78 bits per heavy atom. The smallest absolute Gasteiger partial charge is 0.134 e. The summed E-state index contributed by atoms with van der Waals surface area (Å²) >= 11 is 0. The van der Waals surface area contributed by atoms with E-state index in [0.29, 0.717) is 11.8 Å². The largest absolute Gasteiger partial charge is 0.314 e. The first kappa shape index (κ1) is 6.75. The molecule has 1 unspecified atom stereocenters. The molecule has 0 aromatic carbocycles. The molecule has 1 N–H and O–H groups in total. The Balaban J connectivity index is 2.22. The molecule has 1 rings (SSSR count). The molecule has 0 amide bonds. The summed E-state index contributed by atoms with van der Waals surface area (Å²) in [7, 11) is 0. The van der Waals surface area contributed by atoms with E-state index in [1.807, 2.05) is 0 Å². The van der Waals surface area contributed by atoms with Crippen molar-refractivity contribution in [1.29, 1.82) is 0 Å². The predicted octanol–water partition coefficient (Wildman–Crippen LogP) is 0.718. The fourth-order valence-electron chi connectivity index (χ4n) is 1.28. The van der Waals surface area contributed by atoms with E-state index in [1.165, 1.54) is 0 Å². The lowest BCUT2D eigenvalue weighted by Gasteiger charge is -2.06. The van der Waals surface area contributed by atoms with Gasteiger partial charge in [-0.3, -0.25) is 4.79 Å². The molecule has 0 aromatic rings. The Morgan fingerprint density at radius 2 is 2.56 bits per heavy atom. The Kier molecular flexibility index (Phi) is 2.22. The van der Waals surface area contributed by atoms with Crippen molar-refractivity contribution in [2.75, 3.05) is 6.54 Å². The fourth-order valence-corrected chi connectivity index (χ4v) is 1.28. The fraction of sp³-hybridized carbons (Fsp3) is 0.857. The average molecular weight is 127 g/mol. The van der Waals surface area contributed by atoms with Crippen LogP contribution >= 0.6 is 0 Å². The molecule has 0 heterocycles. The van der Waals surface area contributed by atoms with E-state index in [9.17, 15) is 4.79 Å². The van der Waals surface area contributed by atoms with Crippen molar-refractivity contribution in [2.45, 2.75) is 32.2 Å². The molecule has 0 aromatic heterocycles. The minimum Gasteiger partial charge on any atom is -0.314 e. The Bertz CT molecular complexity index is 111. The molecule has 1 aliphatic rings. The molecule has 1 atom stereocenters. The quantitative estimate of drug-likeness (QED) is 0.592. The third kappa shape index (κ3) is 1.79. The molecule has 1 fully saturated rings. The molecule has 1 saturated carbocycles. The second kappa shape index (κ2) is 2.97. The van der Waals surface area contributed by atoms with Crippen LogP contribution in [0.15, 0.2) is 0 Å². The highest BCUT2D eigenvalue weighted by Crippen LogP contribution is 2.13. The Morgan fingerprint density at radius 3 is 3.00 bits per heavy atom. The van der Waals surface area contributed by atoms with Crippen LogP contribution in [0.5, 0.6) is 0 Å². The molecule has 0 saturated heterocycles. The van der Waals surface area contributed by atoms with Crippen LogP contribution in [0.2, 0.25) is 0 Å². The molecule has 1 aliphatic carbocycles. The van der Waals surface area contributed by atoms with Crippen LogP contribution in [0, 0.1) is 0 Å². The maximum atomic E-state index is 10.7. The molecule has 0 bridgehead atoms. The van der Waals surface area contributed by atoms with E-state index < -0.39 is 0 Å². The van der Waals surface area contributed by atoms with Crippen molar-refractivity contribution in [3.63, 3.8) is 0 Å². The van der Waals surface area contributed by atoms with Gasteiger partial charge in [-0.05, 0) is 13.0 Å². The first-order valence-corrected chi connectivity index (χ1v) is 3.58. The summed E-state index contributed by atoms with van der Waals surface area (Å²) in [4.78, 5) is 10.7. The second-order valence-corrected chi connectivity index (χ2v) is 2.54. The van der Waals surface area contributed by atoms with Crippen LogP contribution in [-0.4, -0.2) is 18.4 Å². The summed E-state index contributed by atoms with van der Waals surface area (Å²) in [5.41, 5.74) is 0. The average Bonchev–Trinajstić information content (AvgIpc) is 2.17. The molecule has 9 heavy (non-hydrogen) atoms. The van der Waals surface area contributed by atoms with Gasteiger partial charge in [0.1, 0.15) is 5.78 Å². The minimum atomic E-state index is 0.418. The number of nitrogens with one attached hydrogen (secondary N) is 1.